The summed E-state index contributed by atoms with van der Waals surface area (Å²) in [4.78, 5) is 11.9. The lowest BCUT2D eigenvalue weighted by molar-refractivity contribution is -0.122. The zero-order chi connectivity index (χ0) is 14.5. The number of nitrogens with one attached hydrogen (secondary N) is 1. The van der Waals surface area contributed by atoms with Crippen LogP contribution in [0.15, 0.2) is 18.2 Å². The Bertz CT molecular complexity index is 471. The first kappa shape index (κ1) is 14.7. The molecule has 0 spiro atoms. The monoisotopic (exact) mass is 277 g/mol. The number of rotatable bonds is 5. The van der Waals surface area contributed by atoms with E-state index in [0.29, 0.717) is 25.6 Å². The highest BCUT2D eigenvalue weighted by Gasteiger charge is 2.17. The topological polar surface area (TPSA) is 47.6 Å². The maximum atomic E-state index is 11.9. The van der Waals surface area contributed by atoms with Crippen molar-refractivity contribution < 1.29 is 14.3 Å². The minimum Gasteiger partial charge on any atom is -0.486 e. The van der Waals surface area contributed by atoms with Gasteiger partial charge in [-0.05, 0) is 30.0 Å². The number of hydrogen-bond acceptors (Lipinski definition) is 3. The van der Waals surface area contributed by atoms with Crippen molar-refractivity contribution in [2.45, 2.75) is 39.7 Å². The number of hydrogen-bond donors (Lipinski definition) is 1. The minimum atomic E-state index is 0.0251. The minimum absolute atomic E-state index is 0.0251. The van der Waals surface area contributed by atoms with E-state index in [2.05, 4.69) is 12.2 Å². The molecule has 1 aromatic carbocycles. The van der Waals surface area contributed by atoms with Crippen molar-refractivity contribution >= 4 is 5.91 Å². The molecule has 0 aromatic heterocycles. The molecule has 0 radical (unpaired) electrons. The molecule has 110 valence electrons. The summed E-state index contributed by atoms with van der Waals surface area (Å²) >= 11 is 0. The molecule has 1 aromatic rings. The fourth-order valence-corrected chi connectivity index (χ4v) is 2.32. The number of carbonyl (C=O) groups is 1. The summed E-state index contributed by atoms with van der Waals surface area (Å²) in [6, 6.07) is 5.91. The van der Waals surface area contributed by atoms with Gasteiger partial charge in [-0.25, -0.2) is 0 Å². The predicted octanol–water partition coefficient (Wildman–Crippen LogP) is 3.07. The van der Waals surface area contributed by atoms with Crippen LogP contribution in [0.25, 0.3) is 0 Å². The number of amides is 1. The lowest BCUT2D eigenvalue weighted by atomic mass is 10.0. The number of fused-ring (bicyclic) bond motifs is 1. The van der Waals surface area contributed by atoms with Gasteiger partial charge in [0.25, 0.3) is 0 Å². The van der Waals surface area contributed by atoms with Crippen LogP contribution in [0.5, 0.6) is 11.5 Å². The Kier molecular flexibility index (Phi) is 4.88. The van der Waals surface area contributed by atoms with Crippen LogP contribution >= 0.6 is 0 Å². The third-order valence-electron chi connectivity index (χ3n) is 3.31. The predicted molar refractivity (Wildman–Crippen MR) is 78.1 cm³/mol. The molecule has 1 unspecified atom stereocenters. The van der Waals surface area contributed by atoms with E-state index in [1.807, 2.05) is 32.0 Å². The molecule has 1 heterocycles. The second kappa shape index (κ2) is 6.64. The van der Waals surface area contributed by atoms with Crippen LogP contribution < -0.4 is 14.8 Å². The lowest BCUT2D eigenvalue weighted by Gasteiger charge is -2.22. The number of ether oxygens (including phenoxy) is 2. The van der Waals surface area contributed by atoms with Crippen molar-refractivity contribution in [2.24, 2.45) is 5.92 Å². The summed E-state index contributed by atoms with van der Waals surface area (Å²) in [5.41, 5.74) is 1.06. The molecule has 20 heavy (non-hydrogen) atoms. The van der Waals surface area contributed by atoms with Gasteiger partial charge in [-0.1, -0.05) is 26.8 Å². The lowest BCUT2D eigenvalue weighted by Crippen LogP contribution is -2.29. The van der Waals surface area contributed by atoms with E-state index >= 15 is 0 Å². The molecule has 0 fully saturated rings. The van der Waals surface area contributed by atoms with Gasteiger partial charge >= 0.3 is 0 Å². The number of carbonyl (C=O) groups excluding carboxylic acids is 1. The highest BCUT2D eigenvalue weighted by molar-refractivity contribution is 5.76. The quantitative estimate of drug-likeness (QED) is 0.899. The van der Waals surface area contributed by atoms with E-state index in [0.717, 1.165) is 23.5 Å². The van der Waals surface area contributed by atoms with Crippen molar-refractivity contribution in [3.8, 4) is 11.5 Å². The van der Waals surface area contributed by atoms with Crippen LogP contribution in [0.2, 0.25) is 0 Å². The van der Waals surface area contributed by atoms with Gasteiger partial charge < -0.3 is 14.8 Å². The Hall–Kier alpha value is -1.71. The fourth-order valence-electron chi connectivity index (χ4n) is 2.32. The van der Waals surface area contributed by atoms with Crippen molar-refractivity contribution in [1.82, 2.24) is 5.32 Å². The standard InChI is InChI=1S/C16H23NO3/c1-4-13(17-16(18)9-11(2)3)12-5-6-14-15(10-12)20-8-7-19-14/h5-6,10-11,13H,4,7-9H2,1-3H3,(H,17,18). The van der Waals surface area contributed by atoms with E-state index in [4.69, 9.17) is 9.47 Å². The highest BCUT2D eigenvalue weighted by Crippen LogP contribution is 2.33. The first-order valence-corrected chi connectivity index (χ1v) is 7.29. The molecule has 0 bridgehead atoms. The zero-order valence-electron chi connectivity index (χ0n) is 12.4. The van der Waals surface area contributed by atoms with Gasteiger partial charge in [0.05, 0.1) is 6.04 Å². The molecule has 4 nitrogen and oxygen atoms in total. The van der Waals surface area contributed by atoms with Gasteiger partial charge in [0.2, 0.25) is 5.91 Å². The summed E-state index contributed by atoms with van der Waals surface area (Å²) in [6.45, 7) is 7.33. The Morgan fingerprint density at radius 1 is 1.25 bits per heavy atom. The Balaban J connectivity index is 2.09. The summed E-state index contributed by atoms with van der Waals surface area (Å²) in [5, 5.41) is 3.09. The molecule has 1 aliphatic rings. The molecule has 0 saturated carbocycles. The number of benzene rings is 1. The van der Waals surface area contributed by atoms with E-state index in [9.17, 15) is 4.79 Å². The largest absolute Gasteiger partial charge is 0.486 e. The zero-order valence-corrected chi connectivity index (χ0v) is 12.4. The smallest absolute Gasteiger partial charge is 0.220 e. The van der Waals surface area contributed by atoms with Gasteiger partial charge in [0, 0.05) is 6.42 Å². The summed E-state index contributed by atoms with van der Waals surface area (Å²) in [6.07, 6.45) is 1.41. The maximum Gasteiger partial charge on any atom is 0.220 e. The molecular formula is C16H23NO3. The molecule has 1 amide bonds. The Labute approximate surface area is 120 Å². The first-order valence-electron chi connectivity index (χ1n) is 7.29. The second-order valence-corrected chi connectivity index (χ2v) is 5.53. The van der Waals surface area contributed by atoms with Gasteiger partial charge in [0.1, 0.15) is 13.2 Å². The molecule has 0 saturated heterocycles. The summed E-state index contributed by atoms with van der Waals surface area (Å²) in [7, 11) is 0. The normalized spacial score (nSPS) is 15.0. The van der Waals surface area contributed by atoms with E-state index < -0.39 is 0 Å². The van der Waals surface area contributed by atoms with Crippen LogP contribution in [-0.4, -0.2) is 19.1 Å². The maximum absolute atomic E-state index is 11.9. The molecule has 4 heteroatoms. The van der Waals surface area contributed by atoms with Crippen molar-refractivity contribution in [3.05, 3.63) is 23.8 Å². The van der Waals surface area contributed by atoms with Crippen molar-refractivity contribution in [1.29, 1.82) is 0 Å². The SMILES string of the molecule is CCC(NC(=O)CC(C)C)c1ccc2c(c1)OCCO2. The van der Waals surface area contributed by atoms with E-state index in [1.165, 1.54) is 0 Å². The third-order valence-corrected chi connectivity index (χ3v) is 3.31. The van der Waals surface area contributed by atoms with Crippen LogP contribution in [0.3, 0.4) is 0 Å². The van der Waals surface area contributed by atoms with E-state index in [-0.39, 0.29) is 11.9 Å². The van der Waals surface area contributed by atoms with Crippen LogP contribution in [0.4, 0.5) is 0 Å². The molecule has 1 N–H and O–H groups in total. The second-order valence-electron chi connectivity index (χ2n) is 5.53. The third kappa shape index (κ3) is 3.65. The first-order chi connectivity index (χ1) is 9.60. The van der Waals surface area contributed by atoms with E-state index in [1.54, 1.807) is 0 Å². The van der Waals surface area contributed by atoms with Crippen molar-refractivity contribution in [2.75, 3.05) is 13.2 Å². The molecule has 1 atom stereocenters. The van der Waals surface area contributed by atoms with Crippen LogP contribution in [-0.2, 0) is 4.79 Å². The van der Waals surface area contributed by atoms with Gasteiger partial charge in [-0.15, -0.1) is 0 Å². The summed E-state index contributed by atoms with van der Waals surface area (Å²) < 4.78 is 11.1. The fraction of sp³-hybridized carbons (Fsp3) is 0.562. The van der Waals surface area contributed by atoms with Gasteiger partial charge in [-0.3, -0.25) is 4.79 Å². The van der Waals surface area contributed by atoms with Gasteiger partial charge in [0.15, 0.2) is 11.5 Å². The average Bonchev–Trinajstić information content (AvgIpc) is 2.43. The average molecular weight is 277 g/mol. The summed E-state index contributed by atoms with van der Waals surface area (Å²) in [5.74, 6) is 2.02. The Morgan fingerprint density at radius 3 is 2.60 bits per heavy atom. The molecule has 1 aliphatic heterocycles. The highest BCUT2D eigenvalue weighted by atomic mass is 16.6. The van der Waals surface area contributed by atoms with Crippen molar-refractivity contribution in [3.63, 3.8) is 0 Å². The molecular weight excluding hydrogens is 254 g/mol. The molecule has 2 rings (SSSR count). The van der Waals surface area contributed by atoms with Crippen LogP contribution in [0, 0.1) is 5.92 Å². The van der Waals surface area contributed by atoms with Crippen LogP contribution in [0.1, 0.15) is 45.2 Å². The molecule has 0 aliphatic carbocycles. The Morgan fingerprint density at radius 2 is 1.95 bits per heavy atom. The van der Waals surface area contributed by atoms with Gasteiger partial charge in [-0.2, -0.15) is 0 Å².